The van der Waals surface area contributed by atoms with E-state index >= 15 is 0 Å². The van der Waals surface area contributed by atoms with E-state index in [4.69, 9.17) is 18.9 Å². The van der Waals surface area contributed by atoms with Crippen molar-refractivity contribution in [1.29, 1.82) is 0 Å². The number of hydrogen-bond acceptors (Lipinski definition) is 5. The summed E-state index contributed by atoms with van der Waals surface area (Å²) in [4.78, 5) is 12.0. The fourth-order valence-electron chi connectivity index (χ4n) is 2.21. The van der Waals surface area contributed by atoms with E-state index in [1.54, 1.807) is 25.3 Å². The molecule has 0 saturated heterocycles. The highest BCUT2D eigenvalue weighted by molar-refractivity contribution is 5.91. The monoisotopic (exact) mass is 360 g/mol. The van der Waals surface area contributed by atoms with Crippen LogP contribution in [-0.2, 0) is 0 Å². The Hall–Kier alpha value is -3.09. The van der Waals surface area contributed by atoms with Crippen molar-refractivity contribution in [3.05, 3.63) is 42.5 Å². The Balaban J connectivity index is 1.77. The van der Waals surface area contributed by atoms with Gasteiger partial charge >= 0.3 is 6.03 Å². The average molecular weight is 360 g/mol. The van der Waals surface area contributed by atoms with E-state index in [1.165, 1.54) is 7.11 Å². The van der Waals surface area contributed by atoms with E-state index in [9.17, 15) is 4.79 Å². The maximum absolute atomic E-state index is 12.0. The Labute approximate surface area is 153 Å². The van der Waals surface area contributed by atoms with Crippen LogP contribution in [0.25, 0.3) is 0 Å². The summed E-state index contributed by atoms with van der Waals surface area (Å²) in [5.41, 5.74) is 0.525. The van der Waals surface area contributed by atoms with Crippen molar-refractivity contribution in [3.8, 4) is 23.0 Å². The van der Waals surface area contributed by atoms with Crippen molar-refractivity contribution < 1.29 is 23.7 Å². The van der Waals surface area contributed by atoms with Crippen LogP contribution in [-0.4, -0.2) is 40.0 Å². The van der Waals surface area contributed by atoms with Gasteiger partial charge in [0.1, 0.15) is 29.6 Å². The molecule has 7 nitrogen and oxygen atoms in total. The molecule has 140 valence electrons. The molecule has 0 aliphatic heterocycles. The number of anilines is 1. The van der Waals surface area contributed by atoms with Gasteiger partial charge in [-0.2, -0.15) is 0 Å². The zero-order chi connectivity index (χ0) is 18.8. The molecule has 0 spiro atoms. The lowest BCUT2D eigenvalue weighted by Gasteiger charge is -2.13. The molecule has 2 amide bonds. The molecule has 0 heterocycles. The van der Waals surface area contributed by atoms with Gasteiger partial charge in [-0.05, 0) is 43.3 Å². The summed E-state index contributed by atoms with van der Waals surface area (Å²) in [6, 6.07) is 12.2. The summed E-state index contributed by atoms with van der Waals surface area (Å²) >= 11 is 0. The topological polar surface area (TPSA) is 78.1 Å². The highest BCUT2D eigenvalue weighted by Gasteiger charge is 2.08. The molecule has 0 aliphatic carbocycles. The van der Waals surface area contributed by atoms with Gasteiger partial charge in [-0.25, -0.2) is 4.79 Å². The van der Waals surface area contributed by atoms with Crippen molar-refractivity contribution in [3.63, 3.8) is 0 Å². The first kappa shape index (κ1) is 19.2. The Morgan fingerprint density at radius 1 is 0.923 bits per heavy atom. The maximum Gasteiger partial charge on any atom is 0.319 e. The minimum absolute atomic E-state index is 0.344. The van der Waals surface area contributed by atoms with Crippen molar-refractivity contribution in [1.82, 2.24) is 5.32 Å². The summed E-state index contributed by atoms with van der Waals surface area (Å²) in [5.74, 6) is 2.68. The zero-order valence-electron chi connectivity index (χ0n) is 15.2. The molecule has 7 heteroatoms. The minimum atomic E-state index is -0.355. The molecular weight excluding hydrogens is 336 g/mol. The van der Waals surface area contributed by atoms with Crippen molar-refractivity contribution in [2.75, 3.05) is 39.3 Å². The lowest BCUT2D eigenvalue weighted by Crippen LogP contribution is -2.32. The lowest BCUT2D eigenvalue weighted by atomic mass is 10.2. The number of urea groups is 1. The van der Waals surface area contributed by atoms with Crippen LogP contribution in [0.4, 0.5) is 10.5 Å². The van der Waals surface area contributed by atoms with Crippen LogP contribution >= 0.6 is 0 Å². The zero-order valence-corrected chi connectivity index (χ0v) is 15.2. The molecule has 0 saturated carbocycles. The first-order valence-electron chi connectivity index (χ1n) is 8.28. The van der Waals surface area contributed by atoms with Gasteiger partial charge in [0, 0.05) is 6.07 Å². The molecule has 0 aromatic heterocycles. The third-order valence-electron chi connectivity index (χ3n) is 3.45. The van der Waals surface area contributed by atoms with Gasteiger partial charge in [-0.1, -0.05) is 0 Å². The smallest absolute Gasteiger partial charge is 0.319 e. The summed E-state index contributed by atoms with van der Waals surface area (Å²) in [6.07, 6.45) is 0. The van der Waals surface area contributed by atoms with Crippen LogP contribution in [0.3, 0.4) is 0 Å². The van der Waals surface area contributed by atoms with E-state index in [1.807, 2.05) is 31.2 Å². The maximum atomic E-state index is 12.0. The second-order valence-corrected chi connectivity index (χ2v) is 5.20. The number of rotatable bonds is 9. The molecule has 0 radical (unpaired) electrons. The molecule has 0 aliphatic rings. The van der Waals surface area contributed by atoms with Gasteiger partial charge in [0.25, 0.3) is 0 Å². The summed E-state index contributed by atoms with van der Waals surface area (Å²) < 4.78 is 21.3. The average Bonchev–Trinajstić information content (AvgIpc) is 2.66. The van der Waals surface area contributed by atoms with Crippen molar-refractivity contribution in [2.45, 2.75) is 6.92 Å². The highest BCUT2D eigenvalue weighted by atomic mass is 16.5. The predicted molar refractivity (Wildman–Crippen MR) is 99.7 cm³/mol. The molecule has 0 unspecified atom stereocenters. The number of carbonyl (C=O) groups is 1. The molecule has 2 rings (SSSR count). The molecule has 2 aromatic carbocycles. The Morgan fingerprint density at radius 3 is 2.19 bits per heavy atom. The number of amides is 2. The molecule has 0 bridgehead atoms. The first-order chi connectivity index (χ1) is 12.7. The van der Waals surface area contributed by atoms with E-state index in [2.05, 4.69) is 10.6 Å². The summed E-state index contributed by atoms with van der Waals surface area (Å²) in [6.45, 7) is 3.25. The van der Waals surface area contributed by atoms with Gasteiger partial charge < -0.3 is 29.6 Å². The Kier molecular flexibility index (Phi) is 7.42. The van der Waals surface area contributed by atoms with Crippen LogP contribution in [0.2, 0.25) is 0 Å². The van der Waals surface area contributed by atoms with Gasteiger partial charge in [-0.3, -0.25) is 0 Å². The molecule has 2 aromatic rings. The van der Waals surface area contributed by atoms with E-state index < -0.39 is 0 Å². The van der Waals surface area contributed by atoms with Gasteiger partial charge in [0.15, 0.2) is 0 Å². The van der Waals surface area contributed by atoms with Gasteiger partial charge in [0.05, 0.1) is 33.1 Å². The van der Waals surface area contributed by atoms with Gasteiger partial charge in [0.2, 0.25) is 0 Å². The minimum Gasteiger partial charge on any atom is -0.497 e. The largest absolute Gasteiger partial charge is 0.497 e. The van der Waals surface area contributed by atoms with Crippen molar-refractivity contribution >= 4 is 11.7 Å². The first-order valence-corrected chi connectivity index (χ1v) is 8.28. The standard InChI is InChI=1S/C19H24N2O5/c1-4-25-14-5-7-15(8-6-14)26-12-11-20-19(22)21-17-13-16(23-2)9-10-18(17)24-3/h5-10,13H,4,11-12H2,1-3H3,(H2,20,21,22). The molecule has 26 heavy (non-hydrogen) atoms. The van der Waals surface area contributed by atoms with Crippen LogP contribution < -0.4 is 29.6 Å². The lowest BCUT2D eigenvalue weighted by molar-refractivity contribution is 0.247. The highest BCUT2D eigenvalue weighted by Crippen LogP contribution is 2.28. The molecule has 0 atom stereocenters. The van der Waals surface area contributed by atoms with E-state index in [0.29, 0.717) is 42.7 Å². The van der Waals surface area contributed by atoms with Crippen LogP contribution in [0.1, 0.15) is 6.92 Å². The number of carbonyl (C=O) groups excluding carboxylic acids is 1. The Bertz CT molecular complexity index is 704. The summed E-state index contributed by atoms with van der Waals surface area (Å²) in [7, 11) is 3.10. The third-order valence-corrected chi connectivity index (χ3v) is 3.45. The van der Waals surface area contributed by atoms with Crippen LogP contribution in [0.15, 0.2) is 42.5 Å². The normalized spacial score (nSPS) is 9.96. The summed E-state index contributed by atoms with van der Waals surface area (Å²) in [5, 5.41) is 5.45. The number of ether oxygens (including phenoxy) is 4. The predicted octanol–water partition coefficient (Wildman–Crippen LogP) is 3.30. The molecule has 2 N–H and O–H groups in total. The van der Waals surface area contributed by atoms with Crippen molar-refractivity contribution in [2.24, 2.45) is 0 Å². The van der Waals surface area contributed by atoms with E-state index in [0.717, 1.165) is 5.75 Å². The Morgan fingerprint density at radius 2 is 1.58 bits per heavy atom. The number of methoxy groups -OCH3 is 2. The SMILES string of the molecule is CCOc1ccc(OCCNC(=O)Nc2cc(OC)ccc2OC)cc1. The third kappa shape index (κ3) is 5.77. The van der Waals surface area contributed by atoms with Crippen LogP contribution in [0.5, 0.6) is 23.0 Å². The number of hydrogen-bond donors (Lipinski definition) is 2. The fraction of sp³-hybridized carbons (Fsp3) is 0.316. The number of benzene rings is 2. The molecule has 0 fully saturated rings. The van der Waals surface area contributed by atoms with Crippen LogP contribution in [0, 0.1) is 0 Å². The number of nitrogens with one attached hydrogen (secondary N) is 2. The second-order valence-electron chi connectivity index (χ2n) is 5.20. The van der Waals surface area contributed by atoms with E-state index in [-0.39, 0.29) is 6.03 Å². The van der Waals surface area contributed by atoms with Gasteiger partial charge in [-0.15, -0.1) is 0 Å². The quantitative estimate of drug-likeness (QED) is 0.671. The second kappa shape index (κ2) is 10.0. The molecular formula is C19H24N2O5. The fourth-order valence-corrected chi connectivity index (χ4v) is 2.21.